The number of carbonyl (C=O) groups is 1. The summed E-state index contributed by atoms with van der Waals surface area (Å²) in [6.07, 6.45) is -5.04. The van der Waals surface area contributed by atoms with Crippen molar-refractivity contribution in [2.75, 3.05) is 0 Å². The minimum atomic E-state index is -4.76. The van der Waals surface area contributed by atoms with Crippen molar-refractivity contribution in [1.82, 2.24) is 10.1 Å². The molecule has 112 valence electrons. The monoisotopic (exact) mass is 303 g/mol. The van der Waals surface area contributed by atoms with Crippen molar-refractivity contribution in [2.24, 2.45) is 5.73 Å². The highest BCUT2D eigenvalue weighted by Gasteiger charge is 2.38. The fraction of sp³-hybridized carbons (Fsp3) is 0.250. The first kappa shape index (κ1) is 14.9. The fourth-order valence-electron chi connectivity index (χ4n) is 1.71. The summed E-state index contributed by atoms with van der Waals surface area (Å²) in [5.41, 5.74) is 5.56. The molecule has 1 atom stereocenters. The van der Waals surface area contributed by atoms with Gasteiger partial charge in [0.25, 0.3) is 0 Å². The average molecular weight is 303 g/mol. The second-order valence-electron chi connectivity index (χ2n) is 4.22. The van der Waals surface area contributed by atoms with Gasteiger partial charge in [0.2, 0.25) is 5.91 Å². The van der Waals surface area contributed by atoms with Gasteiger partial charge in [-0.3, -0.25) is 4.79 Å². The number of hydrogen-bond donors (Lipinski definition) is 1. The van der Waals surface area contributed by atoms with E-state index in [9.17, 15) is 22.4 Å². The van der Waals surface area contributed by atoms with Crippen molar-refractivity contribution in [3.05, 3.63) is 47.4 Å². The normalized spacial score (nSPS) is 13.1. The van der Waals surface area contributed by atoms with Crippen molar-refractivity contribution in [2.45, 2.75) is 18.5 Å². The molecule has 0 aliphatic rings. The van der Waals surface area contributed by atoms with E-state index in [0.29, 0.717) is 5.56 Å². The minimum absolute atomic E-state index is 0.277. The first-order chi connectivity index (χ1) is 9.77. The molecule has 2 aromatic rings. The maximum atomic E-state index is 12.8. The molecule has 5 nitrogen and oxygen atoms in total. The van der Waals surface area contributed by atoms with Crippen LogP contribution in [0.3, 0.4) is 0 Å². The zero-order chi connectivity index (χ0) is 15.6. The van der Waals surface area contributed by atoms with Gasteiger partial charge in [0.1, 0.15) is 5.82 Å². The second-order valence-corrected chi connectivity index (χ2v) is 4.22. The fourth-order valence-corrected chi connectivity index (χ4v) is 1.71. The van der Waals surface area contributed by atoms with Crippen LogP contribution in [0, 0.1) is 5.82 Å². The van der Waals surface area contributed by atoms with Gasteiger partial charge in [-0.15, -0.1) is 0 Å². The maximum Gasteiger partial charge on any atom is 0.471 e. The zero-order valence-electron chi connectivity index (χ0n) is 10.4. The zero-order valence-corrected chi connectivity index (χ0v) is 10.4. The Labute approximate surface area is 115 Å². The van der Waals surface area contributed by atoms with Gasteiger partial charge >= 0.3 is 12.1 Å². The van der Waals surface area contributed by atoms with Crippen LogP contribution < -0.4 is 5.73 Å². The molecule has 0 saturated carbocycles. The molecule has 1 amide bonds. The summed E-state index contributed by atoms with van der Waals surface area (Å²) in [4.78, 5) is 14.6. The van der Waals surface area contributed by atoms with Crippen molar-refractivity contribution in [3.63, 3.8) is 0 Å². The van der Waals surface area contributed by atoms with Gasteiger partial charge in [0.15, 0.2) is 5.82 Å². The predicted molar refractivity (Wildman–Crippen MR) is 61.3 cm³/mol. The molecule has 0 aliphatic carbocycles. The number of nitrogens with two attached hydrogens (primary N) is 1. The molecule has 1 unspecified atom stereocenters. The number of benzene rings is 1. The third-order valence-corrected chi connectivity index (χ3v) is 2.71. The van der Waals surface area contributed by atoms with Crippen LogP contribution in [-0.4, -0.2) is 16.0 Å². The van der Waals surface area contributed by atoms with Gasteiger partial charge in [-0.1, -0.05) is 17.3 Å². The number of alkyl halides is 3. The Kier molecular flexibility index (Phi) is 3.92. The number of halogens is 4. The van der Waals surface area contributed by atoms with E-state index in [0.717, 1.165) is 12.1 Å². The molecule has 2 N–H and O–H groups in total. The maximum absolute atomic E-state index is 12.8. The Morgan fingerprint density at radius 3 is 2.38 bits per heavy atom. The molecule has 0 saturated heterocycles. The van der Waals surface area contributed by atoms with Crippen LogP contribution in [0.5, 0.6) is 0 Å². The first-order valence-corrected chi connectivity index (χ1v) is 5.72. The lowest BCUT2D eigenvalue weighted by atomic mass is 9.95. The quantitative estimate of drug-likeness (QED) is 0.876. The summed E-state index contributed by atoms with van der Waals surface area (Å²) in [5, 5.41) is 3.16. The van der Waals surface area contributed by atoms with E-state index in [1.54, 1.807) is 0 Å². The van der Waals surface area contributed by atoms with Crippen LogP contribution in [0.2, 0.25) is 0 Å². The van der Waals surface area contributed by atoms with E-state index in [-0.39, 0.29) is 12.2 Å². The largest absolute Gasteiger partial charge is 0.471 e. The van der Waals surface area contributed by atoms with Gasteiger partial charge < -0.3 is 10.3 Å². The topological polar surface area (TPSA) is 82.0 Å². The standard InChI is InChI=1S/C12H9F4N3O2/c13-7-3-1-6(2-4-7)8(10(17)20)5-9-18-11(21-19-9)12(14,15)16/h1-4,8H,5H2,(H2,17,20). The molecule has 0 bridgehead atoms. The number of rotatable bonds is 4. The molecule has 1 aromatic heterocycles. The summed E-state index contributed by atoms with van der Waals surface area (Å²) in [5.74, 6) is -4.10. The van der Waals surface area contributed by atoms with Crippen LogP contribution in [0.15, 0.2) is 28.8 Å². The van der Waals surface area contributed by atoms with E-state index >= 15 is 0 Å². The van der Waals surface area contributed by atoms with Gasteiger partial charge in [-0.05, 0) is 17.7 Å². The lowest BCUT2D eigenvalue weighted by molar-refractivity contribution is -0.159. The highest BCUT2D eigenvalue weighted by molar-refractivity contribution is 5.82. The average Bonchev–Trinajstić information content (AvgIpc) is 2.85. The lowest BCUT2D eigenvalue weighted by Crippen LogP contribution is -2.23. The lowest BCUT2D eigenvalue weighted by Gasteiger charge is -2.11. The summed E-state index contributed by atoms with van der Waals surface area (Å²) in [7, 11) is 0. The van der Waals surface area contributed by atoms with E-state index in [2.05, 4.69) is 14.7 Å². The Morgan fingerprint density at radius 1 is 1.29 bits per heavy atom. The Balaban J connectivity index is 2.23. The Morgan fingerprint density at radius 2 is 1.90 bits per heavy atom. The summed E-state index contributed by atoms with van der Waals surface area (Å²) in [6, 6.07) is 4.86. The molecular formula is C12H9F4N3O2. The van der Waals surface area contributed by atoms with E-state index in [1.165, 1.54) is 12.1 Å². The van der Waals surface area contributed by atoms with Crippen LogP contribution in [-0.2, 0) is 17.4 Å². The van der Waals surface area contributed by atoms with E-state index in [4.69, 9.17) is 5.73 Å². The third-order valence-electron chi connectivity index (χ3n) is 2.71. The van der Waals surface area contributed by atoms with Gasteiger partial charge in [0, 0.05) is 6.42 Å². The predicted octanol–water partition coefficient (Wildman–Crippen LogP) is 2.04. The minimum Gasteiger partial charge on any atom is -0.369 e. The van der Waals surface area contributed by atoms with Crippen LogP contribution in [0.4, 0.5) is 17.6 Å². The highest BCUT2D eigenvalue weighted by atomic mass is 19.4. The Bertz CT molecular complexity index is 637. The molecule has 0 radical (unpaired) electrons. The van der Waals surface area contributed by atoms with Gasteiger partial charge in [-0.25, -0.2) is 4.39 Å². The van der Waals surface area contributed by atoms with Crippen LogP contribution >= 0.6 is 0 Å². The smallest absolute Gasteiger partial charge is 0.369 e. The van der Waals surface area contributed by atoms with Crippen LogP contribution in [0.1, 0.15) is 23.2 Å². The van der Waals surface area contributed by atoms with E-state index in [1.807, 2.05) is 0 Å². The number of aromatic nitrogens is 2. The molecule has 0 aliphatic heterocycles. The third kappa shape index (κ3) is 3.56. The van der Waals surface area contributed by atoms with Crippen LogP contribution in [0.25, 0.3) is 0 Å². The molecule has 1 aromatic carbocycles. The van der Waals surface area contributed by atoms with Crippen molar-refractivity contribution >= 4 is 5.91 Å². The van der Waals surface area contributed by atoms with Crippen molar-refractivity contribution < 1.29 is 26.9 Å². The molecule has 1 heterocycles. The number of primary amides is 1. The molecular weight excluding hydrogens is 294 g/mol. The number of carbonyl (C=O) groups excluding carboxylic acids is 1. The first-order valence-electron chi connectivity index (χ1n) is 5.72. The SMILES string of the molecule is NC(=O)C(Cc1noc(C(F)(F)F)n1)c1ccc(F)cc1. The number of nitrogens with zero attached hydrogens (tertiary/aromatic N) is 2. The molecule has 2 rings (SSSR count). The molecule has 0 fully saturated rings. The highest BCUT2D eigenvalue weighted by Crippen LogP contribution is 2.28. The van der Waals surface area contributed by atoms with Crippen molar-refractivity contribution in [1.29, 1.82) is 0 Å². The number of hydrogen-bond acceptors (Lipinski definition) is 4. The molecule has 9 heteroatoms. The summed E-state index contributed by atoms with van der Waals surface area (Å²) < 4.78 is 53.9. The second kappa shape index (κ2) is 5.51. The van der Waals surface area contributed by atoms with Gasteiger partial charge in [0.05, 0.1) is 5.92 Å². The van der Waals surface area contributed by atoms with Gasteiger partial charge in [-0.2, -0.15) is 18.2 Å². The van der Waals surface area contributed by atoms with Crippen molar-refractivity contribution in [3.8, 4) is 0 Å². The van der Waals surface area contributed by atoms with E-state index < -0.39 is 29.7 Å². The number of amides is 1. The Hall–Kier alpha value is -2.45. The molecule has 21 heavy (non-hydrogen) atoms. The summed E-state index contributed by atoms with van der Waals surface area (Å²) >= 11 is 0. The summed E-state index contributed by atoms with van der Waals surface area (Å²) in [6.45, 7) is 0. The molecule has 0 spiro atoms.